The predicted molar refractivity (Wildman–Crippen MR) is 75.9 cm³/mol. The van der Waals surface area contributed by atoms with Crippen molar-refractivity contribution in [2.24, 2.45) is 5.92 Å². The summed E-state index contributed by atoms with van der Waals surface area (Å²) in [5.74, 6) is 1.30. The molecule has 0 aliphatic heterocycles. The normalized spacial score (nSPS) is 16.6. The molecule has 0 saturated heterocycles. The molecule has 1 aromatic rings. The quantitative estimate of drug-likeness (QED) is 0.874. The van der Waals surface area contributed by atoms with Crippen molar-refractivity contribution >= 4 is 10.0 Å². The van der Waals surface area contributed by atoms with Crippen molar-refractivity contribution < 1.29 is 17.9 Å². The number of hydrogen-bond donors (Lipinski definition) is 1. The van der Waals surface area contributed by atoms with Gasteiger partial charge in [0.05, 0.1) is 6.61 Å². The fraction of sp³-hybridized carbons (Fsp3) is 0.714. The first-order valence-corrected chi connectivity index (χ1v) is 8.55. The summed E-state index contributed by atoms with van der Waals surface area (Å²) in [5, 5.41) is 9.43. The zero-order chi connectivity index (χ0) is 14.9. The minimum atomic E-state index is -3.60. The average molecular weight is 301 g/mol. The third-order valence-corrected chi connectivity index (χ3v) is 6.26. The van der Waals surface area contributed by atoms with Crippen molar-refractivity contribution in [3.8, 4) is 0 Å². The van der Waals surface area contributed by atoms with Crippen molar-refractivity contribution in [1.29, 1.82) is 0 Å². The average Bonchev–Trinajstić information content (AvgIpc) is 2.62. The van der Waals surface area contributed by atoms with E-state index in [0.717, 1.165) is 12.8 Å². The van der Waals surface area contributed by atoms with Gasteiger partial charge in [0.15, 0.2) is 0 Å². The molecule has 1 aliphatic carbocycles. The van der Waals surface area contributed by atoms with Crippen LogP contribution in [0.15, 0.2) is 9.31 Å². The maximum absolute atomic E-state index is 12.8. The molecule has 114 valence electrons. The van der Waals surface area contributed by atoms with E-state index in [1.54, 1.807) is 13.8 Å². The topological polar surface area (TPSA) is 70.8 Å². The Morgan fingerprint density at radius 1 is 1.30 bits per heavy atom. The van der Waals surface area contributed by atoms with E-state index in [-0.39, 0.29) is 11.5 Å². The summed E-state index contributed by atoms with van der Waals surface area (Å²) < 4.78 is 32.5. The molecule has 1 aliphatic rings. The molecule has 0 unspecified atom stereocenters. The van der Waals surface area contributed by atoms with Crippen LogP contribution >= 0.6 is 0 Å². The summed E-state index contributed by atoms with van der Waals surface area (Å²) in [6, 6.07) is 0. The lowest BCUT2D eigenvalue weighted by Crippen LogP contribution is -2.37. The van der Waals surface area contributed by atoms with Gasteiger partial charge in [0.1, 0.15) is 16.4 Å². The van der Waals surface area contributed by atoms with Gasteiger partial charge in [-0.3, -0.25) is 0 Å². The van der Waals surface area contributed by atoms with Gasteiger partial charge in [-0.25, -0.2) is 8.42 Å². The summed E-state index contributed by atoms with van der Waals surface area (Å²) in [7, 11) is -3.60. The minimum Gasteiger partial charge on any atom is -0.465 e. The summed E-state index contributed by atoms with van der Waals surface area (Å²) >= 11 is 0. The van der Waals surface area contributed by atoms with E-state index in [2.05, 4.69) is 0 Å². The number of sulfonamides is 1. The lowest BCUT2D eigenvalue weighted by molar-refractivity contribution is 0.249. The van der Waals surface area contributed by atoms with Crippen LogP contribution in [-0.2, 0) is 16.6 Å². The fourth-order valence-electron chi connectivity index (χ4n) is 2.72. The van der Waals surface area contributed by atoms with Crippen LogP contribution < -0.4 is 0 Å². The first-order chi connectivity index (χ1) is 9.41. The molecule has 0 atom stereocenters. The Balaban J connectivity index is 2.37. The Bertz CT molecular complexity index is 572. The molecule has 1 saturated carbocycles. The second kappa shape index (κ2) is 5.87. The maximum Gasteiger partial charge on any atom is 0.246 e. The molecule has 1 fully saturated rings. The smallest absolute Gasteiger partial charge is 0.246 e. The van der Waals surface area contributed by atoms with Crippen LogP contribution in [0.4, 0.5) is 0 Å². The molecule has 1 N–H and O–H groups in total. The molecule has 20 heavy (non-hydrogen) atoms. The molecule has 2 rings (SSSR count). The van der Waals surface area contributed by atoms with E-state index in [0.29, 0.717) is 36.1 Å². The van der Waals surface area contributed by atoms with Gasteiger partial charge in [0, 0.05) is 18.7 Å². The Morgan fingerprint density at radius 2 is 1.95 bits per heavy atom. The molecule has 5 nitrogen and oxygen atoms in total. The van der Waals surface area contributed by atoms with Crippen LogP contribution in [0.25, 0.3) is 0 Å². The van der Waals surface area contributed by atoms with Gasteiger partial charge < -0.3 is 9.52 Å². The van der Waals surface area contributed by atoms with Gasteiger partial charge in [0.2, 0.25) is 10.0 Å². The summed E-state index contributed by atoms with van der Waals surface area (Å²) in [4.78, 5) is 0.152. The van der Waals surface area contributed by atoms with Crippen LogP contribution in [0.3, 0.4) is 0 Å². The molecule has 6 heteroatoms. The zero-order valence-corrected chi connectivity index (χ0v) is 13.2. The highest BCUT2D eigenvalue weighted by Gasteiger charge is 2.33. The number of aliphatic hydroxyl groups is 1. The van der Waals surface area contributed by atoms with E-state index in [1.807, 2.05) is 6.92 Å². The Kier molecular flexibility index (Phi) is 4.56. The zero-order valence-electron chi connectivity index (χ0n) is 12.3. The number of hydrogen-bond acceptors (Lipinski definition) is 4. The number of rotatable bonds is 6. The molecular formula is C14H23NO4S. The van der Waals surface area contributed by atoms with E-state index in [9.17, 15) is 13.5 Å². The maximum atomic E-state index is 12.8. The molecule has 1 heterocycles. The Hall–Kier alpha value is -0.850. The molecule has 0 aromatic carbocycles. The third-order valence-electron chi connectivity index (χ3n) is 4.12. The molecule has 0 bridgehead atoms. The van der Waals surface area contributed by atoms with E-state index >= 15 is 0 Å². The lowest BCUT2D eigenvalue weighted by atomic mass is 9.85. The van der Waals surface area contributed by atoms with Crippen LogP contribution in [0.5, 0.6) is 0 Å². The molecule has 0 amide bonds. The predicted octanol–water partition coefficient (Wildman–Crippen LogP) is 2.20. The number of aliphatic hydroxyl groups excluding tert-OH is 1. The van der Waals surface area contributed by atoms with Crippen LogP contribution in [0.1, 0.15) is 43.3 Å². The SMILES string of the molecule is CCN(CC1CCC1)S(=O)(=O)c1c(C)oc(C)c1CO. The second-order valence-electron chi connectivity index (χ2n) is 5.43. The summed E-state index contributed by atoms with van der Waals surface area (Å²) in [6.45, 7) is 5.84. The van der Waals surface area contributed by atoms with Crippen LogP contribution in [-0.4, -0.2) is 30.9 Å². The van der Waals surface area contributed by atoms with Gasteiger partial charge >= 0.3 is 0 Å². The van der Waals surface area contributed by atoms with Crippen molar-refractivity contribution in [3.05, 3.63) is 17.1 Å². The second-order valence-corrected chi connectivity index (χ2v) is 7.31. The summed E-state index contributed by atoms with van der Waals surface area (Å²) in [6.07, 6.45) is 3.39. The van der Waals surface area contributed by atoms with Crippen molar-refractivity contribution in [2.75, 3.05) is 13.1 Å². The largest absolute Gasteiger partial charge is 0.465 e. The molecule has 1 aromatic heterocycles. The highest BCUT2D eigenvalue weighted by molar-refractivity contribution is 7.89. The monoisotopic (exact) mass is 301 g/mol. The lowest BCUT2D eigenvalue weighted by Gasteiger charge is -2.31. The van der Waals surface area contributed by atoms with Gasteiger partial charge in [0.25, 0.3) is 0 Å². The van der Waals surface area contributed by atoms with Gasteiger partial charge in [-0.2, -0.15) is 4.31 Å². The first-order valence-electron chi connectivity index (χ1n) is 7.11. The third kappa shape index (κ3) is 2.64. The van der Waals surface area contributed by atoms with E-state index in [4.69, 9.17) is 4.42 Å². The van der Waals surface area contributed by atoms with Crippen molar-refractivity contribution in [2.45, 2.75) is 51.5 Å². The number of nitrogens with zero attached hydrogens (tertiary/aromatic N) is 1. The molecular weight excluding hydrogens is 278 g/mol. The molecule has 0 radical (unpaired) electrons. The van der Waals surface area contributed by atoms with Crippen LogP contribution in [0.2, 0.25) is 0 Å². The number of furan rings is 1. The van der Waals surface area contributed by atoms with E-state index < -0.39 is 10.0 Å². The van der Waals surface area contributed by atoms with Gasteiger partial charge in [-0.15, -0.1) is 0 Å². The highest BCUT2D eigenvalue weighted by Crippen LogP contribution is 2.32. The summed E-state index contributed by atoms with van der Waals surface area (Å²) in [5.41, 5.74) is 0.384. The highest BCUT2D eigenvalue weighted by atomic mass is 32.2. The van der Waals surface area contributed by atoms with Crippen molar-refractivity contribution in [3.63, 3.8) is 0 Å². The number of aryl methyl sites for hydroxylation is 2. The van der Waals surface area contributed by atoms with Gasteiger partial charge in [-0.1, -0.05) is 13.3 Å². The van der Waals surface area contributed by atoms with Gasteiger partial charge in [-0.05, 0) is 32.6 Å². The van der Waals surface area contributed by atoms with Crippen molar-refractivity contribution in [1.82, 2.24) is 4.31 Å². The Labute approximate surface area is 120 Å². The molecule has 0 spiro atoms. The standard InChI is InChI=1S/C14H23NO4S/c1-4-15(8-12-6-5-7-12)20(17,18)14-11(3)19-10(2)13(14)9-16/h12,16H,4-9H2,1-3H3. The first kappa shape index (κ1) is 15.5. The van der Waals surface area contributed by atoms with E-state index in [1.165, 1.54) is 10.7 Å². The Morgan fingerprint density at radius 3 is 2.40 bits per heavy atom. The minimum absolute atomic E-state index is 0.152. The fourth-order valence-corrected chi connectivity index (χ4v) is 4.65. The van der Waals surface area contributed by atoms with Crippen LogP contribution in [0, 0.1) is 19.8 Å².